The van der Waals surface area contributed by atoms with Gasteiger partial charge in [0.05, 0.1) is 16.5 Å². The zero-order chi connectivity index (χ0) is 25.3. The number of aryl methyl sites for hydroxylation is 1. The molecule has 1 amide bonds. The van der Waals surface area contributed by atoms with Crippen molar-refractivity contribution in [3.63, 3.8) is 0 Å². The standard InChI is InChI=1S/C26H29ClN2O5S/c1-3-5-6-19-7-9-20(10-8-19)28-26(30)18-34-25-16-15-23(17-24(25)27)35(31,32)29-21-11-13-22(14-12-21)33-4-2/h7-17,29H,3-6,18H2,1-2H3,(H,28,30). The number of halogens is 1. The Balaban J connectivity index is 1.56. The van der Waals surface area contributed by atoms with E-state index in [1.54, 1.807) is 24.3 Å². The van der Waals surface area contributed by atoms with Crippen molar-refractivity contribution in [1.82, 2.24) is 0 Å². The average molecular weight is 517 g/mol. The molecule has 9 heteroatoms. The van der Waals surface area contributed by atoms with E-state index < -0.39 is 10.0 Å². The minimum Gasteiger partial charge on any atom is -0.494 e. The maximum absolute atomic E-state index is 12.7. The predicted octanol–water partition coefficient (Wildman–Crippen LogP) is 5.90. The first-order valence-electron chi connectivity index (χ1n) is 11.4. The fourth-order valence-corrected chi connectivity index (χ4v) is 4.63. The van der Waals surface area contributed by atoms with Gasteiger partial charge in [0.2, 0.25) is 0 Å². The number of hydrogen-bond acceptors (Lipinski definition) is 5. The second-order valence-electron chi connectivity index (χ2n) is 7.79. The first kappa shape index (κ1) is 26.4. The highest BCUT2D eigenvalue weighted by Crippen LogP contribution is 2.28. The molecule has 0 unspecified atom stereocenters. The molecule has 0 aliphatic carbocycles. The van der Waals surface area contributed by atoms with Gasteiger partial charge >= 0.3 is 0 Å². The molecular formula is C26H29ClN2O5S. The zero-order valence-corrected chi connectivity index (χ0v) is 21.3. The summed E-state index contributed by atoms with van der Waals surface area (Å²) in [6.07, 6.45) is 3.26. The van der Waals surface area contributed by atoms with Crippen LogP contribution in [0.5, 0.6) is 11.5 Å². The lowest BCUT2D eigenvalue weighted by atomic mass is 10.1. The third kappa shape index (κ3) is 7.90. The van der Waals surface area contributed by atoms with E-state index in [9.17, 15) is 13.2 Å². The van der Waals surface area contributed by atoms with Crippen LogP contribution in [-0.4, -0.2) is 27.5 Å². The number of hydrogen-bond donors (Lipinski definition) is 2. The number of amides is 1. The van der Waals surface area contributed by atoms with E-state index in [0.29, 0.717) is 23.7 Å². The molecular weight excluding hydrogens is 488 g/mol. The van der Waals surface area contributed by atoms with Crippen molar-refractivity contribution in [2.24, 2.45) is 0 Å². The molecule has 0 aliphatic heterocycles. The summed E-state index contributed by atoms with van der Waals surface area (Å²) in [5.74, 6) is 0.501. The Labute approximate surface area is 211 Å². The summed E-state index contributed by atoms with van der Waals surface area (Å²) in [4.78, 5) is 12.2. The topological polar surface area (TPSA) is 93.7 Å². The number of carbonyl (C=O) groups excluding carboxylic acids is 1. The van der Waals surface area contributed by atoms with Crippen LogP contribution in [-0.2, 0) is 21.2 Å². The van der Waals surface area contributed by atoms with Gasteiger partial charge in [0.1, 0.15) is 11.5 Å². The van der Waals surface area contributed by atoms with Gasteiger partial charge in [-0.05, 0) is 79.9 Å². The molecule has 0 aromatic heterocycles. The largest absolute Gasteiger partial charge is 0.494 e. The molecule has 0 aliphatic rings. The molecule has 2 N–H and O–H groups in total. The molecule has 3 aromatic carbocycles. The molecule has 0 fully saturated rings. The third-order valence-electron chi connectivity index (χ3n) is 5.05. The van der Waals surface area contributed by atoms with Gasteiger partial charge in [-0.1, -0.05) is 37.1 Å². The van der Waals surface area contributed by atoms with E-state index in [2.05, 4.69) is 17.0 Å². The molecule has 35 heavy (non-hydrogen) atoms. The molecule has 7 nitrogen and oxygen atoms in total. The minimum atomic E-state index is -3.87. The Morgan fingerprint density at radius 1 is 0.914 bits per heavy atom. The van der Waals surface area contributed by atoms with Gasteiger partial charge in [0.25, 0.3) is 15.9 Å². The molecule has 0 saturated carbocycles. The van der Waals surface area contributed by atoms with Gasteiger partial charge in [0.15, 0.2) is 6.61 Å². The summed E-state index contributed by atoms with van der Waals surface area (Å²) >= 11 is 6.23. The maximum atomic E-state index is 12.7. The number of carbonyl (C=O) groups is 1. The number of rotatable bonds is 12. The van der Waals surface area contributed by atoms with Crippen LogP contribution >= 0.6 is 11.6 Å². The number of nitrogens with one attached hydrogen (secondary N) is 2. The molecule has 3 aromatic rings. The van der Waals surface area contributed by atoms with Crippen molar-refractivity contribution in [2.75, 3.05) is 23.3 Å². The third-order valence-corrected chi connectivity index (χ3v) is 6.72. The second kappa shape index (κ2) is 12.5. The van der Waals surface area contributed by atoms with Crippen molar-refractivity contribution in [3.05, 3.63) is 77.3 Å². The number of anilines is 2. The molecule has 0 atom stereocenters. The predicted molar refractivity (Wildman–Crippen MR) is 139 cm³/mol. The summed E-state index contributed by atoms with van der Waals surface area (Å²) in [5, 5.41) is 2.84. The molecule has 0 spiro atoms. The Bertz CT molecular complexity index is 1230. The Morgan fingerprint density at radius 3 is 2.23 bits per heavy atom. The van der Waals surface area contributed by atoms with Crippen LogP contribution in [0.3, 0.4) is 0 Å². The highest BCUT2D eigenvalue weighted by atomic mass is 35.5. The van der Waals surface area contributed by atoms with E-state index in [4.69, 9.17) is 21.1 Å². The summed E-state index contributed by atoms with van der Waals surface area (Å²) in [5.41, 5.74) is 2.28. The summed E-state index contributed by atoms with van der Waals surface area (Å²) in [6, 6.07) is 18.3. The quantitative estimate of drug-likeness (QED) is 0.312. The fraction of sp³-hybridized carbons (Fsp3) is 0.269. The smallest absolute Gasteiger partial charge is 0.262 e. The monoisotopic (exact) mass is 516 g/mol. The van der Waals surface area contributed by atoms with Crippen LogP contribution in [0.1, 0.15) is 32.3 Å². The minimum absolute atomic E-state index is 0.0312. The average Bonchev–Trinajstić information content (AvgIpc) is 2.84. The fourth-order valence-electron chi connectivity index (χ4n) is 3.24. The van der Waals surface area contributed by atoms with E-state index in [-0.39, 0.29) is 28.2 Å². The number of ether oxygens (including phenoxy) is 2. The molecule has 0 bridgehead atoms. The zero-order valence-electron chi connectivity index (χ0n) is 19.7. The Hall–Kier alpha value is -3.23. The van der Waals surface area contributed by atoms with Crippen molar-refractivity contribution < 1.29 is 22.7 Å². The van der Waals surface area contributed by atoms with Crippen LogP contribution in [0.2, 0.25) is 5.02 Å². The number of sulfonamides is 1. The van der Waals surface area contributed by atoms with Gasteiger partial charge in [-0.25, -0.2) is 8.42 Å². The highest BCUT2D eigenvalue weighted by molar-refractivity contribution is 7.92. The summed E-state index contributed by atoms with van der Waals surface area (Å²) in [7, 11) is -3.87. The SMILES string of the molecule is CCCCc1ccc(NC(=O)COc2ccc(S(=O)(=O)Nc3ccc(OCC)cc3)cc2Cl)cc1. The van der Waals surface area contributed by atoms with Crippen LogP contribution < -0.4 is 19.5 Å². The lowest BCUT2D eigenvalue weighted by Gasteiger charge is -2.12. The van der Waals surface area contributed by atoms with Crippen LogP contribution in [0.25, 0.3) is 0 Å². The molecule has 3 rings (SSSR count). The van der Waals surface area contributed by atoms with Gasteiger partial charge in [-0.15, -0.1) is 0 Å². The van der Waals surface area contributed by atoms with Gasteiger partial charge in [-0.2, -0.15) is 0 Å². The van der Waals surface area contributed by atoms with Crippen LogP contribution in [0, 0.1) is 0 Å². The number of unbranched alkanes of at least 4 members (excludes halogenated alkanes) is 1. The van der Waals surface area contributed by atoms with Crippen molar-refractivity contribution >= 4 is 38.9 Å². The van der Waals surface area contributed by atoms with E-state index in [1.165, 1.54) is 23.8 Å². The highest BCUT2D eigenvalue weighted by Gasteiger charge is 2.17. The van der Waals surface area contributed by atoms with E-state index in [0.717, 1.165) is 19.3 Å². The lowest BCUT2D eigenvalue weighted by molar-refractivity contribution is -0.118. The van der Waals surface area contributed by atoms with Crippen molar-refractivity contribution in [1.29, 1.82) is 0 Å². The Kier molecular flexibility index (Phi) is 9.39. The maximum Gasteiger partial charge on any atom is 0.262 e. The number of benzene rings is 3. The van der Waals surface area contributed by atoms with Crippen LogP contribution in [0.4, 0.5) is 11.4 Å². The van der Waals surface area contributed by atoms with Gasteiger partial charge in [-0.3, -0.25) is 9.52 Å². The molecule has 186 valence electrons. The van der Waals surface area contributed by atoms with E-state index >= 15 is 0 Å². The molecule has 0 saturated heterocycles. The summed E-state index contributed by atoms with van der Waals surface area (Å²) < 4.78 is 38.8. The van der Waals surface area contributed by atoms with Crippen molar-refractivity contribution in [2.45, 2.75) is 38.0 Å². The van der Waals surface area contributed by atoms with E-state index in [1.807, 2.05) is 31.2 Å². The van der Waals surface area contributed by atoms with Gasteiger partial charge < -0.3 is 14.8 Å². The van der Waals surface area contributed by atoms with Gasteiger partial charge in [0, 0.05) is 11.4 Å². The first-order valence-corrected chi connectivity index (χ1v) is 13.2. The summed E-state index contributed by atoms with van der Waals surface area (Å²) in [6.45, 7) is 4.26. The second-order valence-corrected chi connectivity index (χ2v) is 9.88. The lowest BCUT2D eigenvalue weighted by Crippen LogP contribution is -2.20. The molecule has 0 heterocycles. The van der Waals surface area contributed by atoms with Crippen LogP contribution in [0.15, 0.2) is 71.6 Å². The Morgan fingerprint density at radius 2 is 1.60 bits per heavy atom. The molecule has 0 radical (unpaired) electrons. The van der Waals surface area contributed by atoms with Crippen molar-refractivity contribution in [3.8, 4) is 11.5 Å². The normalized spacial score (nSPS) is 11.1. The first-order chi connectivity index (χ1) is 16.8.